The Morgan fingerprint density at radius 3 is 2.79 bits per heavy atom. The van der Waals surface area contributed by atoms with Gasteiger partial charge in [-0.3, -0.25) is 0 Å². The lowest BCUT2D eigenvalue weighted by Gasteiger charge is -2.33. The standard InChI is InChI=1S/C19H21BrN8O/c1-12-7-13(25-29-12)10-27-3-5-28(6-4-27)17-14(20)8-22-19-16(17)23-18(24-19)15-9-21-11-26(15)2/h7-9,11H,3-6,10H2,1-2H3,(H,22,23,24)/p+1. The molecule has 0 radical (unpaired) electrons. The zero-order valence-electron chi connectivity index (χ0n) is 16.3. The molecule has 0 spiro atoms. The summed E-state index contributed by atoms with van der Waals surface area (Å²) in [6, 6.07) is 2.02. The maximum Gasteiger partial charge on any atom is 0.180 e. The number of aryl methyl sites for hydroxylation is 2. The van der Waals surface area contributed by atoms with Crippen LogP contribution in [0.3, 0.4) is 0 Å². The summed E-state index contributed by atoms with van der Waals surface area (Å²) in [5.74, 6) is 1.64. The third-order valence-corrected chi connectivity index (χ3v) is 5.98. The van der Waals surface area contributed by atoms with Crippen LogP contribution in [-0.2, 0) is 13.6 Å². The van der Waals surface area contributed by atoms with E-state index in [9.17, 15) is 0 Å². The minimum absolute atomic E-state index is 0.715. The van der Waals surface area contributed by atoms with E-state index in [2.05, 4.69) is 45.9 Å². The lowest BCUT2D eigenvalue weighted by molar-refractivity contribution is -0.914. The molecule has 9 nitrogen and oxygen atoms in total. The van der Waals surface area contributed by atoms with Crippen LogP contribution >= 0.6 is 15.9 Å². The number of aromatic nitrogens is 6. The molecule has 0 aliphatic carbocycles. The second-order valence-electron chi connectivity index (χ2n) is 7.47. The molecule has 1 fully saturated rings. The maximum absolute atomic E-state index is 5.20. The topological polar surface area (TPSA) is 93.1 Å². The Labute approximate surface area is 175 Å². The Kier molecular flexibility index (Phi) is 4.59. The number of pyridine rings is 1. The van der Waals surface area contributed by atoms with Crippen molar-refractivity contribution in [2.45, 2.75) is 13.5 Å². The van der Waals surface area contributed by atoms with Gasteiger partial charge in [0.05, 0.1) is 48.9 Å². The maximum atomic E-state index is 5.20. The average Bonchev–Trinajstić information content (AvgIpc) is 3.42. The number of rotatable bonds is 4. The normalized spacial score (nSPS) is 15.5. The van der Waals surface area contributed by atoms with E-state index < -0.39 is 0 Å². The number of nitrogens with one attached hydrogen (secondary N) is 2. The van der Waals surface area contributed by atoms with Crippen LogP contribution in [-0.4, -0.2) is 55.8 Å². The fourth-order valence-electron chi connectivity index (χ4n) is 3.92. The van der Waals surface area contributed by atoms with Crippen molar-refractivity contribution in [3.63, 3.8) is 0 Å². The van der Waals surface area contributed by atoms with Gasteiger partial charge in [0.2, 0.25) is 0 Å². The second-order valence-corrected chi connectivity index (χ2v) is 8.33. The van der Waals surface area contributed by atoms with E-state index in [-0.39, 0.29) is 0 Å². The van der Waals surface area contributed by atoms with Crippen molar-refractivity contribution in [1.29, 1.82) is 0 Å². The number of hydrogen-bond donors (Lipinski definition) is 2. The van der Waals surface area contributed by atoms with Crippen molar-refractivity contribution >= 4 is 32.8 Å². The summed E-state index contributed by atoms with van der Waals surface area (Å²) in [5.41, 5.74) is 4.74. The van der Waals surface area contributed by atoms with E-state index in [0.717, 1.165) is 71.4 Å². The smallest absolute Gasteiger partial charge is 0.180 e. The van der Waals surface area contributed by atoms with Crippen molar-refractivity contribution in [3.05, 3.63) is 40.7 Å². The molecule has 4 aromatic rings. The quantitative estimate of drug-likeness (QED) is 0.480. The summed E-state index contributed by atoms with van der Waals surface area (Å²) in [5, 5.41) is 4.13. The number of fused-ring (bicyclic) bond motifs is 1. The molecule has 5 heterocycles. The first kappa shape index (κ1) is 18.3. The van der Waals surface area contributed by atoms with Gasteiger partial charge in [-0.2, -0.15) is 0 Å². The number of H-pyrrole nitrogens is 1. The summed E-state index contributed by atoms with van der Waals surface area (Å²) >= 11 is 3.70. The van der Waals surface area contributed by atoms with E-state index in [1.807, 2.05) is 30.8 Å². The van der Waals surface area contributed by atoms with Crippen molar-refractivity contribution in [2.24, 2.45) is 7.05 Å². The Morgan fingerprint density at radius 2 is 2.10 bits per heavy atom. The van der Waals surface area contributed by atoms with Gasteiger partial charge in [0.1, 0.15) is 29.2 Å². The third kappa shape index (κ3) is 3.42. The van der Waals surface area contributed by atoms with Crippen LogP contribution in [0.2, 0.25) is 0 Å². The molecule has 0 atom stereocenters. The van der Waals surface area contributed by atoms with Gasteiger partial charge in [0, 0.05) is 19.3 Å². The van der Waals surface area contributed by atoms with Crippen LogP contribution in [0.1, 0.15) is 11.5 Å². The van der Waals surface area contributed by atoms with Crippen molar-refractivity contribution in [1.82, 2.24) is 29.7 Å². The van der Waals surface area contributed by atoms with Gasteiger partial charge in [0.15, 0.2) is 11.5 Å². The largest absolute Gasteiger partial charge is 0.361 e. The van der Waals surface area contributed by atoms with Gasteiger partial charge in [-0.25, -0.2) is 15.0 Å². The number of anilines is 1. The molecule has 1 saturated heterocycles. The first-order chi connectivity index (χ1) is 14.1. The lowest BCUT2D eigenvalue weighted by atomic mass is 10.2. The van der Waals surface area contributed by atoms with E-state index in [1.165, 1.54) is 4.90 Å². The van der Waals surface area contributed by atoms with Gasteiger partial charge >= 0.3 is 0 Å². The van der Waals surface area contributed by atoms with Crippen LogP contribution in [0.25, 0.3) is 22.7 Å². The SMILES string of the molecule is Cc1cc(C[NH+]2CCN(c3c(Br)cnc4nc(-c5cncn5C)[nH]c34)CC2)no1. The minimum Gasteiger partial charge on any atom is -0.361 e. The number of hydrogen-bond acceptors (Lipinski definition) is 6. The van der Waals surface area contributed by atoms with Crippen LogP contribution in [0.5, 0.6) is 0 Å². The monoisotopic (exact) mass is 457 g/mol. The molecule has 1 aliphatic heterocycles. The zero-order chi connectivity index (χ0) is 20.0. The number of quaternary nitrogens is 1. The van der Waals surface area contributed by atoms with E-state index >= 15 is 0 Å². The van der Waals surface area contributed by atoms with Gasteiger partial charge in [-0.1, -0.05) is 5.16 Å². The molecule has 0 bridgehead atoms. The third-order valence-electron chi connectivity index (χ3n) is 5.40. The van der Waals surface area contributed by atoms with E-state index in [1.54, 1.807) is 12.5 Å². The van der Waals surface area contributed by atoms with Crippen molar-refractivity contribution in [3.8, 4) is 11.5 Å². The Balaban J connectivity index is 1.39. The number of piperazine rings is 1. The van der Waals surface area contributed by atoms with E-state index in [4.69, 9.17) is 4.52 Å². The molecule has 0 saturated carbocycles. The summed E-state index contributed by atoms with van der Waals surface area (Å²) in [6.45, 7) is 6.79. The zero-order valence-corrected chi connectivity index (χ0v) is 17.9. The summed E-state index contributed by atoms with van der Waals surface area (Å²) in [7, 11) is 1.96. The molecule has 5 rings (SSSR count). The number of imidazole rings is 2. The molecule has 0 unspecified atom stereocenters. The Bertz CT molecular complexity index is 1150. The first-order valence-electron chi connectivity index (χ1n) is 9.60. The summed E-state index contributed by atoms with van der Waals surface area (Å²) < 4.78 is 8.12. The second kappa shape index (κ2) is 7.27. The summed E-state index contributed by atoms with van der Waals surface area (Å²) in [6.07, 6.45) is 5.41. The molecule has 0 amide bonds. The highest BCUT2D eigenvalue weighted by Gasteiger charge is 2.25. The van der Waals surface area contributed by atoms with Crippen LogP contribution in [0.4, 0.5) is 5.69 Å². The van der Waals surface area contributed by atoms with E-state index in [0.29, 0.717) is 5.65 Å². The molecule has 10 heteroatoms. The highest BCUT2D eigenvalue weighted by molar-refractivity contribution is 9.10. The van der Waals surface area contributed by atoms with Crippen molar-refractivity contribution in [2.75, 3.05) is 31.1 Å². The van der Waals surface area contributed by atoms with Gasteiger partial charge in [-0.05, 0) is 22.9 Å². The van der Waals surface area contributed by atoms with Crippen LogP contribution in [0.15, 0.2) is 33.8 Å². The molecular weight excluding hydrogens is 436 g/mol. The molecule has 1 aliphatic rings. The average molecular weight is 458 g/mol. The van der Waals surface area contributed by atoms with Gasteiger partial charge in [0.25, 0.3) is 0 Å². The predicted octanol–water partition coefficient (Wildman–Crippen LogP) is 1.32. The molecule has 150 valence electrons. The van der Waals surface area contributed by atoms with Crippen LogP contribution in [0, 0.1) is 6.92 Å². The molecular formula is C19H22BrN8O+. The molecule has 29 heavy (non-hydrogen) atoms. The number of halogens is 1. The Hall–Kier alpha value is -2.72. The molecule has 2 N–H and O–H groups in total. The first-order valence-corrected chi connectivity index (χ1v) is 10.4. The Morgan fingerprint density at radius 1 is 1.28 bits per heavy atom. The number of nitrogens with zero attached hydrogens (tertiary/aromatic N) is 6. The van der Waals surface area contributed by atoms with Gasteiger partial charge < -0.3 is 23.9 Å². The van der Waals surface area contributed by atoms with Gasteiger partial charge in [-0.15, -0.1) is 0 Å². The van der Waals surface area contributed by atoms with Crippen LogP contribution < -0.4 is 9.80 Å². The highest BCUT2D eigenvalue weighted by Crippen LogP contribution is 2.33. The molecule has 0 aromatic carbocycles. The van der Waals surface area contributed by atoms with Crippen molar-refractivity contribution < 1.29 is 9.42 Å². The predicted molar refractivity (Wildman–Crippen MR) is 112 cm³/mol. The fourth-order valence-corrected chi connectivity index (χ4v) is 4.47. The highest BCUT2D eigenvalue weighted by atomic mass is 79.9. The fraction of sp³-hybridized carbons (Fsp3) is 0.368. The molecule has 4 aromatic heterocycles. The minimum atomic E-state index is 0.715. The lowest BCUT2D eigenvalue weighted by Crippen LogP contribution is -3.13. The number of aromatic amines is 1. The summed E-state index contributed by atoms with van der Waals surface area (Å²) in [4.78, 5) is 20.8.